The molecule has 0 atom stereocenters. The molecular weight excluding hydrogens is 692 g/mol. The highest BCUT2D eigenvalue weighted by Crippen LogP contribution is 2.38. The molecule has 216 valence electrons. The molecule has 0 N–H and O–H groups in total. The lowest BCUT2D eigenvalue weighted by molar-refractivity contribution is 1.83. The molecule has 0 spiro atoms. The molecule has 7 aromatic carbocycles. The molecule has 0 aliphatic rings. The van der Waals surface area contributed by atoms with Crippen molar-refractivity contribution in [2.75, 3.05) is 0 Å². The van der Waals surface area contributed by atoms with Crippen molar-refractivity contribution >= 4 is 352 Å². The molecule has 0 bridgehead atoms. The average Bonchev–Trinajstić information content (AvgIpc) is 3.22. The summed E-state index contributed by atoms with van der Waals surface area (Å²) in [6.45, 7) is 0. The molecule has 0 aromatic heterocycles. The van der Waals surface area contributed by atoms with E-state index in [0.29, 0.717) is 0 Å². The lowest BCUT2D eigenvalue weighted by Crippen LogP contribution is -2.55. The zero-order chi connectivity index (χ0) is 44.8. The van der Waals surface area contributed by atoms with E-state index in [1.807, 2.05) is 0 Å². The molecule has 7 aromatic rings. The van der Waals surface area contributed by atoms with Gasteiger partial charge in [-0.25, -0.2) is 0 Å². The Hall–Kier alpha value is -3.12. The van der Waals surface area contributed by atoms with Gasteiger partial charge in [0.2, 0.25) is 0 Å². The van der Waals surface area contributed by atoms with Crippen LogP contribution in [0.2, 0.25) is 0 Å². The second-order valence-corrected chi connectivity index (χ2v) is 14.4. The van der Waals surface area contributed by atoms with Crippen LogP contribution in [-0.2, 0) is 0 Å². The number of hydrogen-bond acceptors (Lipinski definition) is 0. The Kier molecular flexibility index (Phi) is 11.5. The molecule has 0 unspecified atom stereocenters. The summed E-state index contributed by atoms with van der Waals surface area (Å²) in [6.07, 6.45) is 0. The first-order chi connectivity index (χ1) is 27.9. The molecule has 0 heterocycles. The third-order valence-electron chi connectivity index (χ3n) is 11.5. The molecule has 0 aliphatic heterocycles. The topological polar surface area (TPSA) is 0 Å². The van der Waals surface area contributed by atoms with E-state index in [4.69, 9.17) is 188 Å². The van der Waals surface area contributed by atoms with E-state index in [1.165, 1.54) is 0 Å². The van der Waals surface area contributed by atoms with Crippen molar-refractivity contribution in [2.45, 2.75) is 0 Å². The summed E-state index contributed by atoms with van der Waals surface area (Å²) in [4.78, 5) is 0. The summed E-state index contributed by atoms with van der Waals surface area (Å²) in [5, 5.41) is 0.344. The van der Waals surface area contributed by atoms with Crippen molar-refractivity contribution in [1.82, 2.24) is 0 Å². The van der Waals surface area contributed by atoms with E-state index >= 15 is 0 Å². The Balaban J connectivity index is 1.82. The molecule has 0 saturated heterocycles. The van der Waals surface area contributed by atoms with Gasteiger partial charge in [0.15, 0.2) is 0 Å². The molecule has 0 aliphatic carbocycles. The molecule has 60 heavy (non-hydrogen) atoms. The van der Waals surface area contributed by atoms with Crippen LogP contribution in [0.4, 0.5) is 0 Å². The van der Waals surface area contributed by atoms with Gasteiger partial charge in [-0.1, -0.05) is 76.5 Å². The van der Waals surface area contributed by atoms with Crippen LogP contribution in [0.25, 0.3) is 65.7 Å². The standard InChI is InChI=1S/C36B24/c37-13-3-1(9-19(43)21(45)11(22(46)20(9)44)7-8-12(25(49)27(51)17(7)41)26(50)33(57)32(56)18(8)42)4-6(16(40)31(55)29(53)14(4)38)2(5(3)15(39)30(54)28(13)52)10-23(47)34(58)36(60)35(59)24(10)48. The van der Waals surface area contributed by atoms with Crippen LogP contribution in [0.3, 0.4) is 0 Å². The molecule has 48 radical (unpaired) electrons. The van der Waals surface area contributed by atoms with E-state index in [-0.39, 0.29) is 197 Å². The molecule has 0 saturated carbocycles. The molecule has 7 rings (SSSR count). The first-order valence-corrected chi connectivity index (χ1v) is 17.4. The number of fused-ring (bicyclic) bond motifs is 3. The fourth-order valence-electron chi connectivity index (χ4n) is 8.11. The zero-order valence-electron chi connectivity index (χ0n) is 31.9. The predicted octanol–water partition coefficient (Wildman–Crippen LogP) is -18.8. The molecular formula is C36B24. The van der Waals surface area contributed by atoms with E-state index in [1.54, 1.807) is 0 Å². The minimum Gasteiger partial charge on any atom is -0.112 e. The summed E-state index contributed by atoms with van der Waals surface area (Å²) in [5.74, 6) is 0. The molecule has 0 fully saturated rings. The second kappa shape index (κ2) is 15.3. The SMILES string of the molecule is [B]c1c([B])c([B])c(-c2c3c([B])c([B])c([B])c([B])c3c(-c3c([B])c([B])c(-c4c([B])c([B])c([B])c5c([B])c([B])c([B])c([B])c45)c([B])c3[B])c3c([B])c([B])c([B])c([B])c23)c([B])c1[B]. The maximum absolute atomic E-state index is 7.05. The van der Waals surface area contributed by atoms with Crippen molar-refractivity contribution in [3.8, 4) is 33.4 Å². The maximum atomic E-state index is 7.05. The molecule has 0 nitrogen and oxygen atoms in total. The van der Waals surface area contributed by atoms with E-state index in [9.17, 15) is 0 Å². The fourth-order valence-corrected chi connectivity index (χ4v) is 8.11. The van der Waals surface area contributed by atoms with Crippen LogP contribution in [-0.4, -0.2) is 188 Å². The smallest absolute Gasteiger partial charge is 0.112 e. The normalized spacial score (nSPS) is 11.6. The Labute approximate surface area is 382 Å². The Morgan fingerprint density at radius 2 is 0.233 bits per heavy atom. The Morgan fingerprint density at radius 1 is 0.100 bits per heavy atom. The van der Waals surface area contributed by atoms with Gasteiger partial charge in [-0.2, -0.15) is 0 Å². The Morgan fingerprint density at radius 3 is 0.500 bits per heavy atom. The lowest BCUT2D eigenvalue weighted by atomic mass is 9.54. The largest absolute Gasteiger partial charge is 0.113 e. The van der Waals surface area contributed by atoms with Gasteiger partial charge in [-0.3, -0.25) is 0 Å². The summed E-state index contributed by atoms with van der Waals surface area (Å²) in [6, 6.07) is 0. The Bertz CT molecular complexity index is 3040. The van der Waals surface area contributed by atoms with Gasteiger partial charge in [-0.05, 0) is 65.7 Å². The minimum atomic E-state index is -0.230. The number of hydrogen-bond donors (Lipinski definition) is 0. The fraction of sp³-hybridized carbons (Fsp3) is 0. The van der Waals surface area contributed by atoms with Gasteiger partial charge in [-0.15, -0.1) is 54.6 Å². The maximum Gasteiger partial charge on any atom is 0.113 e. The summed E-state index contributed by atoms with van der Waals surface area (Å²) >= 11 is 0. The van der Waals surface area contributed by atoms with E-state index in [2.05, 4.69) is 0 Å². The monoisotopic (exact) mass is 696 g/mol. The first-order valence-electron chi connectivity index (χ1n) is 17.4. The van der Waals surface area contributed by atoms with Crippen molar-refractivity contribution in [3.05, 3.63) is 0 Å². The highest BCUT2D eigenvalue weighted by Gasteiger charge is 2.29. The first kappa shape index (κ1) is 44.9. The van der Waals surface area contributed by atoms with Crippen LogP contribution in [0, 0.1) is 0 Å². The van der Waals surface area contributed by atoms with Gasteiger partial charge in [0, 0.05) is 0 Å². The quantitative estimate of drug-likeness (QED) is 0.128. The van der Waals surface area contributed by atoms with Crippen LogP contribution in [0.1, 0.15) is 0 Å². The second-order valence-electron chi connectivity index (χ2n) is 14.4. The predicted molar refractivity (Wildman–Crippen MR) is 285 cm³/mol. The lowest BCUT2D eigenvalue weighted by Gasteiger charge is -2.33. The third-order valence-corrected chi connectivity index (χ3v) is 11.5. The average molecular weight is 692 g/mol. The van der Waals surface area contributed by atoms with Crippen LogP contribution < -0.4 is 131 Å². The summed E-state index contributed by atoms with van der Waals surface area (Å²) < 4.78 is 0. The van der Waals surface area contributed by atoms with Gasteiger partial charge >= 0.3 is 0 Å². The van der Waals surface area contributed by atoms with E-state index in [0.717, 1.165) is 0 Å². The van der Waals surface area contributed by atoms with Crippen LogP contribution in [0.15, 0.2) is 0 Å². The van der Waals surface area contributed by atoms with E-state index < -0.39 is 0 Å². The molecule has 0 amide bonds. The van der Waals surface area contributed by atoms with Gasteiger partial charge in [0.05, 0.1) is 0 Å². The minimum absolute atomic E-state index is 0.00155. The van der Waals surface area contributed by atoms with Crippen LogP contribution in [0.5, 0.6) is 0 Å². The van der Waals surface area contributed by atoms with Crippen molar-refractivity contribution < 1.29 is 0 Å². The van der Waals surface area contributed by atoms with Crippen molar-refractivity contribution in [3.63, 3.8) is 0 Å². The van der Waals surface area contributed by atoms with Crippen molar-refractivity contribution in [1.29, 1.82) is 0 Å². The molecule has 24 heteroatoms. The third kappa shape index (κ3) is 5.86. The van der Waals surface area contributed by atoms with Gasteiger partial charge < -0.3 is 0 Å². The summed E-state index contributed by atoms with van der Waals surface area (Å²) in [5.41, 5.74) is -3.28. The highest BCUT2D eigenvalue weighted by atomic mass is 14.3. The van der Waals surface area contributed by atoms with Gasteiger partial charge in [0.25, 0.3) is 0 Å². The van der Waals surface area contributed by atoms with Crippen molar-refractivity contribution in [2.24, 2.45) is 0 Å². The number of benzene rings is 7. The van der Waals surface area contributed by atoms with Crippen LogP contribution >= 0.6 is 0 Å². The van der Waals surface area contributed by atoms with Gasteiger partial charge in [0.1, 0.15) is 188 Å². The highest BCUT2D eigenvalue weighted by molar-refractivity contribution is 6.76. The summed E-state index contributed by atoms with van der Waals surface area (Å²) in [7, 11) is 159. The zero-order valence-corrected chi connectivity index (χ0v) is 31.9. The number of rotatable bonds is 3.